The molecule has 0 aliphatic rings. The normalized spacial score (nSPS) is 11.3. The number of rotatable bonds is 3. The maximum Gasteiger partial charge on any atom is 0.262 e. The van der Waals surface area contributed by atoms with Crippen LogP contribution in [0.15, 0.2) is 45.9 Å². The number of benzene rings is 1. The lowest BCUT2D eigenvalue weighted by atomic mass is 10.2. The summed E-state index contributed by atoms with van der Waals surface area (Å²) in [6, 6.07) is 8.22. The molecular weight excluding hydrogens is 352 g/mol. The van der Waals surface area contributed by atoms with Crippen LogP contribution in [0.4, 0.5) is 5.69 Å². The van der Waals surface area contributed by atoms with Gasteiger partial charge in [-0.3, -0.25) is 4.72 Å². The molecule has 0 unspecified atom stereocenters. The molecule has 0 spiro atoms. The van der Waals surface area contributed by atoms with Gasteiger partial charge in [0.15, 0.2) is 5.15 Å². The molecule has 1 aromatic carbocycles. The van der Waals surface area contributed by atoms with Crippen molar-refractivity contribution >= 4 is 43.2 Å². The molecule has 0 saturated heterocycles. The van der Waals surface area contributed by atoms with Crippen molar-refractivity contribution in [1.29, 1.82) is 0 Å². The first kappa shape index (κ1) is 14.3. The van der Waals surface area contributed by atoms with Gasteiger partial charge in [-0.25, -0.2) is 13.4 Å². The summed E-state index contributed by atoms with van der Waals surface area (Å²) in [5.74, 6) is 0. The third-order valence-electron chi connectivity index (χ3n) is 2.44. The molecule has 0 amide bonds. The highest BCUT2D eigenvalue weighted by atomic mass is 79.9. The maximum atomic E-state index is 12.3. The number of halogens is 2. The molecule has 0 aliphatic carbocycles. The van der Waals surface area contributed by atoms with Crippen LogP contribution < -0.4 is 4.72 Å². The molecule has 1 N–H and O–H groups in total. The van der Waals surface area contributed by atoms with E-state index < -0.39 is 10.0 Å². The predicted molar refractivity (Wildman–Crippen MR) is 78.9 cm³/mol. The van der Waals surface area contributed by atoms with Crippen LogP contribution >= 0.6 is 27.5 Å². The SMILES string of the molecule is Cc1ccc(Br)cc1S(=O)(=O)Nc1cccnc1Cl. The number of pyridine rings is 1. The van der Waals surface area contributed by atoms with Crippen LogP contribution in [0.3, 0.4) is 0 Å². The minimum Gasteiger partial charge on any atom is -0.276 e. The summed E-state index contributed by atoms with van der Waals surface area (Å²) in [4.78, 5) is 4.02. The molecule has 19 heavy (non-hydrogen) atoms. The fourth-order valence-electron chi connectivity index (χ4n) is 1.53. The average molecular weight is 362 g/mol. The molecule has 0 radical (unpaired) electrons. The zero-order valence-electron chi connectivity index (χ0n) is 9.89. The summed E-state index contributed by atoms with van der Waals surface area (Å²) < 4.78 is 27.7. The van der Waals surface area contributed by atoms with E-state index in [1.54, 1.807) is 37.3 Å². The molecule has 4 nitrogen and oxygen atoms in total. The number of hydrogen-bond acceptors (Lipinski definition) is 3. The van der Waals surface area contributed by atoms with Gasteiger partial charge >= 0.3 is 0 Å². The van der Waals surface area contributed by atoms with Gasteiger partial charge in [0.2, 0.25) is 0 Å². The van der Waals surface area contributed by atoms with Gasteiger partial charge in [0.05, 0.1) is 10.6 Å². The fraction of sp³-hybridized carbons (Fsp3) is 0.0833. The zero-order valence-corrected chi connectivity index (χ0v) is 13.1. The van der Waals surface area contributed by atoms with Crippen LogP contribution in [0.25, 0.3) is 0 Å². The number of hydrogen-bond donors (Lipinski definition) is 1. The van der Waals surface area contributed by atoms with Crippen LogP contribution in [0.2, 0.25) is 5.15 Å². The Bertz CT molecular complexity index is 719. The van der Waals surface area contributed by atoms with Crippen molar-refractivity contribution in [3.05, 3.63) is 51.7 Å². The first-order valence-electron chi connectivity index (χ1n) is 5.29. The van der Waals surface area contributed by atoms with E-state index in [1.165, 1.54) is 6.20 Å². The van der Waals surface area contributed by atoms with E-state index in [1.807, 2.05) is 0 Å². The molecular formula is C12H10BrClN2O2S. The average Bonchev–Trinajstić information content (AvgIpc) is 2.35. The van der Waals surface area contributed by atoms with Crippen LogP contribution in [-0.4, -0.2) is 13.4 Å². The third-order valence-corrected chi connectivity index (χ3v) is 4.75. The summed E-state index contributed by atoms with van der Waals surface area (Å²) in [5, 5.41) is 0.110. The van der Waals surface area contributed by atoms with E-state index in [0.29, 0.717) is 10.0 Å². The quantitative estimate of drug-likeness (QED) is 0.850. The maximum absolute atomic E-state index is 12.3. The van der Waals surface area contributed by atoms with E-state index in [-0.39, 0.29) is 15.7 Å². The van der Waals surface area contributed by atoms with Crippen molar-refractivity contribution < 1.29 is 8.42 Å². The Hall–Kier alpha value is -1.11. The minimum atomic E-state index is -3.69. The van der Waals surface area contributed by atoms with Gasteiger partial charge in [-0.05, 0) is 36.8 Å². The Kier molecular flexibility index (Phi) is 4.13. The van der Waals surface area contributed by atoms with Gasteiger partial charge in [-0.2, -0.15) is 0 Å². The van der Waals surface area contributed by atoms with E-state index in [9.17, 15) is 8.42 Å². The first-order chi connectivity index (χ1) is 8.90. The van der Waals surface area contributed by atoms with Gasteiger partial charge in [-0.15, -0.1) is 0 Å². The lowest BCUT2D eigenvalue weighted by Gasteiger charge is -2.11. The number of aryl methyl sites for hydroxylation is 1. The monoisotopic (exact) mass is 360 g/mol. The van der Waals surface area contributed by atoms with Crippen molar-refractivity contribution in [2.45, 2.75) is 11.8 Å². The van der Waals surface area contributed by atoms with E-state index in [0.717, 1.165) is 0 Å². The fourth-order valence-corrected chi connectivity index (χ4v) is 3.60. The second-order valence-corrected chi connectivity index (χ2v) is 6.78. The largest absolute Gasteiger partial charge is 0.276 e. The predicted octanol–water partition coefficient (Wildman–Crippen LogP) is 3.61. The lowest BCUT2D eigenvalue weighted by Crippen LogP contribution is -2.14. The molecule has 0 aliphatic heterocycles. The smallest absolute Gasteiger partial charge is 0.262 e. The highest BCUT2D eigenvalue weighted by Gasteiger charge is 2.18. The molecule has 1 heterocycles. The van der Waals surface area contributed by atoms with Crippen molar-refractivity contribution in [2.24, 2.45) is 0 Å². The number of nitrogens with zero attached hydrogens (tertiary/aromatic N) is 1. The molecule has 0 saturated carbocycles. The Balaban J connectivity index is 2.44. The van der Waals surface area contributed by atoms with Crippen molar-refractivity contribution in [3.63, 3.8) is 0 Å². The number of aromatic nitrogens is 1. The topological polar surface area (TPSA) is 59.1 Å². The number of sulfonamides is 1. The van der Waals surface area contributed by atoms with Crippen LogP contribution in [-0.2, 0) is 10.0 Å². The summed E-state index contributed by atoms with van der Waals surface area (Å²) in [6.45, 7) is 1.73. The molecule has 0 fully saturated rings. The highest BCUT2D eigenvalue weighted by Crippen LogP contribution is 2.25. The molecule has 0 atom stereocenters. The summed E-state index contributed by atoms with van der Waals surface area (Å²) >= 11 is 9.10. The van der Waals surface area contributed by atoms with Gasteiger partial charge in [-0.1, -0.05) is 33.6 Å². The highest BCUT2D eigenvalue weighted by molar-refractivity contribution is 9.10. The van der Waals surface area contributed by atoms with Gasteiger partial charge in [0.1, 0.15) is 0 Å². The van der Waals surface area contributed by atoms with E-state index >= 15 is 0 Å². The Morgan fingerprint density at radius 2 is 2.05 bits per heavy atom. The second-order valence-electron chi connectivity index (χ2n) is 3.86. The molecule has 100 valence electrons. The van der Waals surface area contributed by atoms with E-state index in [2.05, 4.69) is 25.6 Å². The summed E-state index contributed by atoms with van der Waals surface area (Å²) in [6.07, 6.45) is 1.49. The van der Waals surface area contributed by atoms with Crippen LogP contribution in [0.5, 0.6) is 0 Å². The van der Waals surface area contributed by atoms with Gasteiger partial charge < -0.3 is 0 Å². The number of anilines is 1. The van der Waals surface area contributed by atoms with Crippen molar-refractivity contribution in [1.82, 2.24) is 4.98 Å². The number of nitrogens with one attached hydrogen (secondary N) is 1. The summed E-state index contributed by atoms with van der Waals surface area (Å²) in [5.41, 5.74) is 0.902. The molecule has 0 bridgehead atoms. The lowest BCUT2D eigenvalue weighted by molar-refractivity contribution is 0.600. The molecule has 1 aromatic heterocycles. The third kappa shape index (κ3) is 3.26. The Labute approximate surface area is 125 Å². The zero-order chi connectivity index (χ0) is 14.0. The van der Waals surface area contributed by atoms with Gasteiger partial charge in [0.25, 0.3) is 10.0 Å². The molecule has 2 rings (SSSR count). The van der Waals surface area contributed by atoms with Crippen molar-refractivity contribution in [3.8, 4) is 0 Å². The van der Waals surface area contributed by atoms with Gasteiger partial charge in [0, 0.05) is 10.7 Å². The standard InChI is InChI=1S/C12H10BrClN2O2S/c1-8-4-5-9(13)7-11(8)19(17,18)16-10-3-2-6-15-12(10)14/h2-7,16H,1H3. The minimum absolute atomic E-state index is 0.110. The van der Waals surface area contributed by atoms with Crippen LogP contribution in [0.1, 0.15) is 5.56 Å². The van der Waals surface area contributed by atoms with Crippen molar-refractivity contribution in [2.75, 3.05) is 4.72 Å². The van der Waals surface area contributed by atoms with Crippen LogP contribution in [0, 0.1) is 6.92 Å². The van der Waals surface area contributed by atoms with E-state index in [4.69, 9.17) is 11.6 Å². The second kappa shape index (κ2) is 5.48. The molecule has 7 heteroatoms. The first-order valence-corrected chi connectivity index (χ1v) is 7.95. The molecule has 2 aromatic rings. The Morgan fingerprint density at radius 1 is 1.32 bits per heavy atom. The Morgan fingerprint density at radius 3 is 2.74 bits per heavy atom. The summed E-state index contributed by atoms with van der Waals surface area (Å²) in [7, 11) is -3.69.